The van der Waals surface area contributed by atoms with Crippen molar-refractivity contribution < 1.29 is 19.5 Å². The molecule has 1 aliphatic heterocycles. The highest BCUT2D eigenvalue weighted by molar-refractivity contribution is 6.00. The Bertz CT molecular complexity index is 686. The number of hydrogen-bond donors (Lipinski definition) is 1. The van der Waals surface area contributed by atoms with Gasteiger partial charge in [-0.2, -0.15) is 5.06 Å². The van der Waals surface area contributed by atoms with Gasteiger partial charge in [-0.25, -0.2) is 0 Å². The summed E-state index contributed by atoms with van der Waals surface area (Å²) in [6.07, 6.45) is 0. The quantitative estimate of drug-likeness (QED) is 0.936. The van der Waals surface area contributed by atoms with Crippen molar-refractivity contribution in [2.24, 2.45) is 0 Å². The van der Waals surface area contributed by atoms with Crippen LogP contribution >= 0.6 is 0 Å². The summed E-state index contributed by atoms with van der Waals surface area (Å²) in [7, 11) is 2.88. The zero-order chi connectivity index (χ0) is 15.0. The van der Waals surface area contributed by atoms with Gasteiger partial charge >= 0.3 is 0 Å². The van der Waals surface area contributed by atoms with Gasteiger partial charge in [-0.05, 0) is 18.2 Å². The van der Waals surface area contributed by atoms with Gasteiger partial charge in [0, 0.05) is 11.1 Å². The molecule has 0 saturated carbocycles. The van der Waals surface area contributed by atoms with Gasteiger partial charge in [0.15, 0.2) is 0 Å². The molecule has 3 rings (SSSR count). The van der Waals surface area contributed by atoms with E-state index in [1.807, 2.05) is 6.07 Å². The molecule has 1 atom stereocenters. The second-order valence-electron chi connectivity index (χ2n) is 4.73. The van der Waals surface area contributed by atoms with E-state index in [0.717, 1.165) is 5.06 Å². The molecule has 1 aliphatic rings. The maximum Gasteiger partial charge on any atom is 0.281 e. The first kappa shape index (κ1) is 13.6. The molecule has 0 saturated heterocycles. The molecule has 1 heterocycles. The van der Waals surface area contributed by atoms with Crippen molar-refractivity contribution in [3.63, 3.8) is 0 Å². The summed E-state index contributed by atoms with van der Waals surface area (Å²) in [6.45, 7) is 0. The predicted octanol–water partition coefficient (Wildman–Crippen LogP) is 1.91. The summed E-state index contributed by atoms with van der Waals surface area (Å²) in [5.41, 5.74) is -0.248. The second kappa shape index (κ2) is 4.87. The van der Waals surface area contributed by atoms with Gasteiger partial charge in [-0.1, -0.05) is 30.3 Å². The van der Waals surface area contributed by atoms with Gasteiger partial charge in [0.25, 0.3) is 5.91 Å². The van der Waals surface area contributed by atoms with Gasteiger partial charge in [0.05, 0.1) is 19.8 Å². The monoisotopic (exact) mass is 285 g/mol. The smallest absolute Gasteiger partial charge is 0.281 e. The summed E-state index contributed by atoms with van der Waals surface area (Å²) in [4.78, 5) is 17.6. The molecule has 108 valence electrons. The van der Waals surface area contributed by atoms with Crippen molar-refractivity contribution in [1.29, 1.82) is 0 Å². The van der Waals surface area contributed by atoms with Gasteiger partial charge in [0.2, 0.25) is 5.72 Å². The molecule has 2 aromatic carbocycles. The van der Waals surface area contributed by atoms with Gasteiger partial charge < -0.3 is 9.84 Å². The minimum atomic E-state index is -1.64. The maximum absolute atomic E-state index is 12.5. The van der Waals surface area contributed by atoms with E-state index >= 15 is 0 Å². The van der Waals surface area contributed by atoms with E-state index < -0.39 is 11.6 Å². The predicted molar refractivity (Wildman–Crippen MR) is 75.6 cm³/mol. The first-order valence-electron chi connectivity index (χ1n) is 6.48. The molecule has 0 aliphatic carbocycles. The lowest BCUT2D eigenvalue weighted by Gasteiger charge is -2.32. The normalized spacial score (nSPS) is 20.5. The number of benzene rings is 2. The van der Waals surface area contributed by atoms with E-state index in [0.29, 0.717) is 22.4 Å². The second-order valence-corrected chi connectivity index (χ2v) is 4.73. The average molecular weight is 285 g/mol. The Morgan fingerprint density at radius 1 is 1.10 bits per heavy atom. The molecule has 5 nitrogen and oxygen atoms in total. The highest BCUT2D eigenvalue weighted by Crippen LogP contribution is 2.43. The van der Waals surface area contributed by atoms with Gasteiger partial charge in [-0.15, -0.1) is 0 Å². The molecular formula is C16H15NO4. The number of rotatable bonds is 3. The molecular weight excluding hydrogens is 270 g/mol. The largest absolute Gasteiger partial charge is 0.497 e. The average Bonchev–Trinajstić information content (AvgIpc) is 2.76. The van der Waals surface area contributed by atoms with E-state index in [9.17, 15) is 9.90 Å². The van der Waals surface area contributed by atoms with Crippen molar-refractivity contribution >= 4 is 5.91 Å². The topological polar surface area (TPSA) is 59.0 Å². The minimum Gasteiger partial charge on any atom is -0.497 e. The Hall–Kier alpha value is -2.37. The lowest BCUT2D eigenvalue weighted by atomic mass is 9.94. The van der Waals surface area contributed by atoms with Crippen LogP contribution in [0.3, 0.4) is 0 Å². The Balaban J connectivity index is 2.24. The van der Waals surface area contributed by atoms with Crippen LogP contribution in [0.2, 0.25) is 0 Å². The number of nitrogens with zero attached hydrogens (tertiary/aromatic N) is 1. The number of carbonyl (C=O) groups excluding carboxylic acids is 1. The Labute approximate surface area is 122 Å². The molecule has 1 amide bonds. The summed E-state index contributed by atoms with van der Waals surface area (Å²) in [6, 6.07) is 13.9. The van der Waals surface area contributed by atoms with Crippen LogP contribution in [0.1, 0.15) is 21.5 Å². The molecule has 21 heavy (non-hydrogen) atoms. The fourth-order valence-corrected chi connectivity index (χ4v) is 2.66. The van der Waals surface area contributed by atoms with Crippen LogP contribution in [0.5, 0.6) is 5.75 Å². The first-order chi connectivity index (χ1) is 10.1. The summed E-state index contributed by atoms with van der Waals surface area (Å²) >= 11 is 0. The van der Waals surface area contributed by atoms with E-state index in [1.165, 1.54) is 14.2 Å². The Morgan fingerprint density at radius 3 is 2.43 bits per heavy atom. The number of fused-ring (bicyclic) bond motifs is 1. The summed E-state index contributed by atoms with van der Waals surface area (Å²) in [5, 5.41) is 12.1. The highest BCUT2D eigenvalue weighted by atomic mass is 16.7. The summed E-state index contributed by atoms with van der Waals surface area (Å²) < 4.78 is 5.14. The maximum atomic E-state index is 12.5. The van der Waals surface area contributed by atoms with Gasteiger partial charge in [-0.3, -0.25) is 9.63 Å². The number of methoxy groups -OCH3 is 1. The Morgan fingerprint density at radius 2 is 1.81 bits per heavy atom. The van der Waals surface area contributed by atoms with Crippen LogP contribution in [0.15, 0.2) is 48.5 Å². The zero-order valence-electron chi connectivity index (χ0n) is 11.7. The molecule has 0 bridgehead atoms. The fourth-order valence-electron chi connectivity index (χ4n) is 2.66. The van der Waals surface area contributed by atoms with E-state index in [-0.39, 0.29) is 0 Å². The first-order valence-corrected chi connectivity index (χ1v) is 6.48. The van der Waals surface area contributed by atoms with E-state index in [4.69, 9.17) is 9.57 Å². The molecule has 0 aromatic heterocycles. The van der Waals surface area contributed by atoms with Crippen LogP contribution in [-0.2, 0) is 10.6 Å². The molecule has 5 heteroatoms. The lowest BCUT2D eigenvalue weighted by Crippen LogP contribution is -2.43. The van der Waals surface area contributed by atoms with Crippen molar-refractivity contribution in [2.45, 2.75) is 5.72 Å². The number of carbonyl (C=O) groups is 1. The van der Waals surface area contributed by atoms with Crippen LogP contribution < -0.4 is 4.74 Å². The lowest BCUT2D eigenvalue weighted by molar-refractivity contribution is -0.223. The molecule has 1 N–H and O–H groups in total. The number of aliphatic hydroxyl groups is 1. The SMILES string of the molecule is COc1ccc2c(c1)C(=O)N(OC)C2(O)c1ccccc1. The zero-order valence-corrected chi connectivity index (χ0v) is 11.7. The number of ether oxygens (including phenoxy) is 1. The minimum absolute atomic E-state index is 0.363. The highest BCUT2D eigenvalue weighted by Gasteiger charge is 2.51. The molecule has 2 aromatic rings. The number of amides is 1. The number of hydroxylamine groups is 2. The van der Waals surface area contributed by atoms with E-state index in [1.54, 1.807) is 42.5 Å². The molecule has 1 unspecified atom stereocenters. The van der Waals surface area contributed by atoms with Crippen molar-refractivity contribution in [1.82, 2.24) is 5.06 Å². The van der Waals surface area contributed by atoms with Crippen molar-refractivity contribution in [3.05, 3.63) is 65.2 Å². The molecule has 0 spiro atoms. The third-order valence-electron chi connectivity index (χ3n) is 3.67. The fraction of sp³-hybridized carbons (Fsp3) is 0.188. The number of hydrogen-bond acceptors (Lipinski definition) is 4. The summed E-state index contributed by atoms with van der Waals surface area (Å²) in [5.74, 6) is 0.146. The van der Waals surface area contributed by atoms with Crippen LogP contribution in [0.25, 0.3) is 0 Å². The molecule has 0 fully saturated rings. The van der Waals surface area contributed by atoms with E-state index in [2.05, 4.69) is 0 Å². The van der Waals surface area contributed by atoms with Crippen molar-refractivity contribution in [3.8, 4) is 5.75 Å². The third kappa shape index (κ3) is 1.82. The van der Waals surface area contributed by atoms with Crippen molar-refractivity contribution in [2.75, 3.05) is 14.2 Å². The third-order valence-corrected chi connectivity index (χ3v) is 3.67. The van der Waals surface area contributed by atoms with Gasteiger partial charge in [0.1, 0.15) is 5.75 Å². The van der Waals surface area contributed by atoms with Crippen LogP contribution in [0.4, 0.5) is 0 Å². The van der Waals surface area contributed by atoms with Crippen LogP contribution in [0, 0.1) is 0 Å². The van der Waals surface area contributed by atoms with Crippen LogP contribution in [-0.4, -0.2) is 30.3 Å². The Kier molecular flexibility index (Phi) is 3.16. The molecule has 0 radical (unpaired) electrons. The standard InChI is InChI=1S/C16H15NO4/c1-20-12-8-9-14-13(10-12)15(18)17(21-2)16(14,19)11-6-4-3-5-7-11/h3-10,19H,1-2H3.